The number of aryl methyl sites for hydroxylation is 1. The van der Waals surface area contributed by atoms with E-state index in [1.165, 1.54) is 5.69 Å². The second-order valence-electron chi connectivity index (χ2n) is 4.73. The molecule has 1 N–H and O–H groups in total. The van der Waals surface area contributed by atoms with Crippen molar-refractivity contribution in [2.45, 2.75) is 52.8 Å². The van der Waals surface area contributed by atoms with Crippen molar-refractivity contribution in [3.8, 4) is 0 Å². The molecular weight excluding hydrogens is 188 g/mol. The first-order chi connectivity index (χ1) is 7.03. The predicted octanol–water partition coefficient (Wildman–Crippen LogP) is 2.72. The van der Waals surface area contributed by atoms with E-state index in [1.807, 2.05) is 20.8 Å². The molecule has 3 heteroatoms. The molecule has 1 aromatic rings. The smallest absolute Gasteiger partial charge is 0.0813 e. The Kier molecular flexibility index (Phi) is 4.36. The summed E-state index contributed by atoms with van der Waals surface area (Å²) in [6.45, 7) is 10.1. The first-order valence-corrected chi connectivity index (χ1v) is 5.58. The third-order valence-corrected chi connectivity index (χ3v) is 2.02. The van der Waals surface area contributed by atoms with E-state index in [0.717, 1.165) is 19.5 Å². The van der Waals surface area contributed by atoms with Crippen LogP contribution in [0.4, 0.5) is 0 Å². The van der Waals surface area contributed by atoms with Crippen LogP contribution in [0.5, 0.6) is 0 Å². The molecule has 0 aliphatic rings. The molecule has 0 aromatic carbocycles. The molecular formula is C12H22N2O. The van der Waals surface area contributed by atoms with Gasteiger partial charge in [-0.15, -0.1) is 0 Å². The van der Waals surface area contributed by atoms with Crippen molar-refractivity contribution in [2.24, 2.45) is 0 Å². The zero-order valence-corrected chi connectivity index (χ0v) is 10.2. The van der Waals surface area contributed by atoms with Gasteiger partial charge in [0.25, 0.3) is 0 Å². The van der Waals surface area contributed by atoms with Gasteiger partial charge in [-0.3, -0.25) is 4.84 Å². The lowest BCUT2D eigenvalue weighted by atomic mass is 10.2. The maximum atomic E-state index is 5.47. The SMILES string of the molecule is CCCn1cccc1CNOC(C)(C)C. The molecule has 0 fully saturated rings. The first-order valence-electron chi connectivity index (χ1n) is 5.58. The fourth-order valence-corrected chi connectivity index (χ4v) is 1.40. The summed E-state index contributed by atoms with van der Waals surface area (Å²) < 4.78 is 2.25. The van der Waals surface area contributed by atoms with Crippen LogP contribution in [0.1, 0.15) is 39.8 Å². The van der Waals surface area contributed by atoms with E-state index in [-0.39, 0.29) is 5.60 Å². The average molecular weight is 210 g/mol. The topological polar surface area (TPSA) is 26.2 Å². The standard InChI is InChI=1S/C12H22N2O/c1-5-8-14-9-6-7-11(14)10-13-15-12(2,3)4/h6-7,9,13H,5,8,10H2,1-4H3. The van der Waals surface area contributed by atoms with Crippen LogP contribution in [0.3, 0.4) is 0 Å². The van der Waals surface area contributed by atoms with E-state index in [1.54, 1.807) is 0 Å². The Morgan fingerprint density at radius 2 is 2.13 bits per heavy atom. The maximum absolute atomic E-state index is 5.47. The number of hydrogen-bond acceptors (Lipinski definition) is 2. The molecule has 0 aliphatic carbocycles. The van der Waals surface area contributed by atoms with E-state index in [2.05, 4.69) is 35.3 Å². The summed E-state index contributed by atoms with van der Waals surface area (Å²) >= 11 is 0. The van der Waals surface area contributed by atoms with Gasteiger partial charge in [-0.2, -0.15) is 5.48 Å². The molecule has 0 unspecified atom stereocenters. The molecule has 0 bridgehead atoms. The van der Waals surface area contributed by atoms with Crippen molar-refractivity contribution in [1.29, 1.82) is 0 Å². The van der Waals surface area contributed by atoms with Crippen LogP contribution in [-0.2, 0) is 17.9 Å². The molecule has 0 saturated heterocycles. The summed E-state index contributed by atoms with van der Waals surface area (Å²) in [7, 11) is 0. The van der Waals surface area contributed by atoms with Gasteiger partial charge in [-0.05, 0) is 39.3 Å². The van der Waals surface area contributed by atoms with E-state index in [4.69, 9.17) is 4.84 Å². The van der Waals surface area contributed by atoms with Crippen molar-refractivity contribution in [2.75, 3.05) is 0 Å². The highest BCUT2D eigenvalue weighted by Crippen LogP contribution is 2.06. The molecule has 3 nitrogen and oxygen atoms in total. The number of nitrogens with one attached hydrogen (secondary N) is 1. The predicted molar refractivity (Wildman–Crippen MR) is 62.4 cm³/mol. The van der Waals surface area contributed by atoms with Crippen molar-refractivity contribution in [1.82, 2.24) is 10.0 Å². The van der Waals surface area contributed by atoms with Gasteiger partial charge in [0, 0.05) is 18.4 Å². The summed E-state index contributed by atoms with van der Waals surface area (Å²) in [5.41, 5.74) is 4.13. The summed E-state index contributed by atoms with van der Waals surface area (Å²) in [5, 5.41) is 0. The van der Waals surface area contributed by atoms with Gasteiger partial charge in [0.1, 0.15) is 0 Å². The Hall–Kier alpha value is -0.800. The van der Waals surface area contributed by atoms with Crippen LogP contribution in [0, 0.1) is 0 Å². The Labute approximate surface area is 92.4 Å². The van der Waals surface area contributed by atoms with Crippen LogP contribution >= 0.6 is 0 Å². The minimum atomic E-state index is -0.137. The molecule has 0 aliphatic heterocycles. The molecule has 0 amide bonds. The summed E-state index contributed by atoms with van der Waals surface area (Å²) in [4.78, 5) is 5.47. The second-order valence-corrected chi connectivity index (χ2v) is 4.73. The molecule has 0 radical (unpaired) electrons. The van der Waals surface area contributed by atoms with Gasteiger partial charge < -0.3 is 4.57 Å². The average Bonchev–Trinajstić information content (AvgIpc) is 2.51. The van der Waals surface area contributed by atoms with Crippen LogP contribution in [0.15, 0.2) is 18.3 Å². The van der Waals surface area contributed by atoms with Gasteiger partial charge in [0.2, 0.25) is 0 Å². The van der Waals surface area contributed by atoms with E-state index in [9.17, 15) is 0 Å². The van der Waals surface area contributed by atoms with Gasteiger partial charge >= 0.3 is 0 Å². The fourth-order valence-electron chi connectivity index (χ4n) is 1.40. The number of rotatable bonds is 5. The van der Waals surface area contributed by atoms with E-state index < -0.39 is 0 Å². The largest absolute Gasteiger partial charge is 0.350 e. The molecule has 0 atom stereocenters. The lowest BCUT2D eigenvalue weighted by molar-refractivity contribution is -0.0764. The Bertz CT molecular complexity index is 286. The van der Waals surface area contributed by atoms with E-state index >= 15 is 0 Å². The minimum absolute atomic E-state index is 0.137. The highest BCUT2D eigenvalue weighted by atomic mass is 16.7. The molecule has 0 spiro atoms. The quantitative estimate of drug-likeness (QED) is 0.756. The summed E-state index contributed by atoms with van der Waals surface area (Å²) in [6.07, 6.45) is 3.26. The number of nitrogens with zero attached hydrogens (tertiary/aromatic N) is 1. The van der Waals surface area contributed by atoms with Crippen LogP contribution in [0.2, 0.25) is 0 Å². The van der Waals surface area contributed by atoms with Crippen molar-refractivity contribution < 1.29 is 4.84 Å². The molecule has 15 heavy (non-hydrogen) atoms. The maximum Gasteiger partial charge on any atom is 0.0813 e. The van der Waals surface area contributed by atoms with Crippen LogP contribution in [0.25, 0.3) is 0 Å². The monoisotopic (exact) mass is 210 g/mol. The Morgan fingerprint density at radius 3 is 2.73 bits per heavy atom. The van der Waals surface area contributed by atoms with Crippen LogP contribution in [-0.4, -0.2) is 10.2 Å². The fraction of sp³-hybridized carbons (Fsp3) is 0.667. The van der Waals surface area contributed by atoms with Crippen molar-refractivity contribution in [3.05, 3.63) is 24.0 Å². The number of hydroxylamine groups is 1. The second kappa shape index (κ2) is 5.33. The Morgan fingerprint density at radius 1 is 1.40 bits per heavy atom. The lowest BCUT2D eigenvalue weighted by Gasteiger charge is -2.19. The summed E-state index contributed by atoms with van der Waals surface area (Å²) in [6, 6.07) is 4.19. The Balaban J connectivity index is 2.40. The highest BCUT2D eigenvalue weighted by molar-refractivity contribution is 5.06. The first kappa shape index (κ1) is 12.3. The normalized spacial score (nSPS) is 12.0. The minimum Gasteiger partial charge on any atom is -0.350 e. The zero-order chi connectivity index (χ0) is 11.3. The third-order valence-electron chi connectivity index (χ3n) is 2.02. The molecule has 1 rings (SSSR count). The highest BCUT2D eigenvalue weighted by Gasteiger charge is 2.10. The third kappa shape index (κ3) is 4.49. The number of aromatic nitrogens is 1. The molecule has 1 heterocycles. The van der Waals surface area contributed by atoms with Gasteiger partial charge in [0.05, 0.1) is 12.1 Å². The zero-order valence-electron chi connectivity index (χ0n) is 10.2. The van der Waals surface area contributed by atoms with Gasteiger partial charge in [0.15, 0.2) is 0 Å². The van der Waals surface area contributed by atoms with Crippen molar-refractivity contribution >= 4 is 0 Å². The van der Waals surface area contributed by atoms with Gasteiger partial charge in [-0.25, -0.2) is 0 Å². The molecule has 1 aromatic heterocycles. The lowest BCUT2D eigenvalue weighted by Crippen LogP contribution is -2.29. The molecule has 0 saturated carbocycles. The number of hydrogen-bond donors (Lipinski definition) is 1. The van der Waals surface area contributed by atoms with E-state index in [0.29, 0.717) is 0 Å². The van der Waals surface area contributed by atoms with Crippen molar-refractivity contribution in [3.63, 3.8) is 0 Å². The van der Waals surface area contributed by atoms with Gasteiger partial charge in [-0.1, -0.05) is 6.92 Å². The molecule has 86 valence electrons. The van der Waals surface area contributed by atoms with Crippen LogP contribution < -0.4 is 5.48 Å². The summed E-state index contributed by atoms with van der Waals surface area (Å²) in [5.74, 6) is 0.